The van der Waals surface area contributed by atoms with Crippen molar-refractivity contribution in [2.75, 3.05) is 20.8 Å². The molecular formula is C29H28F3N3O5. The van der Waals surface area contributed by atoms with Crippen LogP contribution in [0.1, 0.15) is 48.5 Å². The largest absolute Gasteiger partial charge is 0.488 e. The van der Waals surface area contributed by atoms with Crippen molar-refractivity contribution in [3.8, 4) is 28.6 Å². The Kier molecular flexibility index (Phi) is 7.81. The fourth-order valence-electron chi connectivity index (χ4n) is 5.39. The molecule has 40 heavy (non-hydrogen) atoms. The number of rotatable bonds is 9. The number of carboxylic acid groups (broad SMARTS) is 1. The lowest BCUT2D eigenvalue weighted by Crippen LogP contribution is -2.28. The average Bonchev–Trinajstić information content (AvgIpc) is 3.30. The second kappa shape index (κ2) is 11.4. The summed E-state index contributed by atoms with van der Waals surface area (Å²) in [5.41, 5.74) is 0.348. The van der Waals surface area contributed by atoms with E-state index in [0.717, 1.165) is 38.2 Å². The molecular weight excluding hydrogens is 527 g/mol. The topological polar surface area (TPSA) is 95.7 Å². The highest BCUT2D eigenvalue weighted by atomic mass is 19.1. The third-order valence-corrected chi connectivity index (χ3v) is 7.40. The summed E-state index contributed by atoms with van der Waals surface area (Å²) in [6.07, 6.45) is 3.65. The minimum absolute atomic E-state index is 0.0179. The van der Waals surface area contributed by atoms with Crippen LogP contribution in [0.15, 0.2) is 42.5 Å². The van der Waals surface area contributed by atoms with E-state index in [4.69, 9.17) is 19.3 Å². The number of pyridine rings is 1. The Bertz CT molecular complexity index is 1550. The van der Waals surface area contributed by atoms with E-state index >= 15 is 8.78 Å². The number of methoxy groups -OCH3 is 2. The Morgan fingerprint density at radius 1 is 1.00 bits per heavy atom. The Morgan fingerprint density at radius 2 is 1.75 bits per heavy atom. The minimum atomic E-state index is -1.26. The third-order valence-electron chi connectivity index (χ3n) is 7.40. The minimum Gasteiger partial charge on any atom is -0.488 e. The van der Waals surface area contributed by atoms with Crippen LogP contribution in [0.5, 0.6) is 17.5 Å². The number of hydrogen-bond donors (Lipinski definition) is 1. The lowest BCUT2D eigenvalue weighted by atomic mass is 9.84. The van der Waals surface area contributed by atoms with E-state index in [-0.39, 0.29) is 46.3 Å². The zero-order chi connectivity index (χ0) is 28.4. The van der Waals surface area contributed by atoms with Gasteiger partial charge in [-0.1, -0.05) is 19.3 Å². The molecule has 1 aliphatic rings. The summed E-state index contributed by atoms with van der Waals surface area (Å²) in [5.74, 6) is -2.57. The second-order valence-electron chi connectivity index (χ2n) is 9.68. The molecule has 1 N–H and O–H groups in total. The monoisotopic (exact) mass is 555 g/mol. The first-order valence-electron chi connectivity index (χ1n) is 12.9. The first-order chi connectivity index (χ1) is 19.3. The van der Waals surface area contributed by atoms with E-state index in [0.29, 0.717) is 11.4 Å². The van der Waals surface area contributed by atoms with Gasteiger partial charge in [0.25, 0.3) is 6.08 Å². The van der Waals surface area contributed by atoms with E-state index in [1.54, 1.807) is 18.2 Å². The van der Waals surface area contributed by atoms with E-state index in [2.05, 4.69) is 9.97 Å². The van der Waals surface area contributed by atoms with Crippen LogP contribution in [0.25, 0.3) is 22.2 Å². The Morgan fingerprint density at radius 3 is 2.42 bits per heavy atom. The zero-order valence-electron chi connectivity index (χ0n) is 22.0. The highest BCUT2D eigenvalue weighted by Gasteiger charge is 2.31. The van der Waals surface area contributed by atoms with Crippen molar-refractivity contribution in [2.45, 2.75) is 38.1 Å². The molecule has 4 aromatic rings. The quantitative estimate of drug-likeness (QED) is 0.254. The molecule has 2 heterocycles. The predicted octanol–water partition coefficient (Wildman–Crippen LogP) is 6.43. The molecule has 0 amide bonds. The van der Waals surface area contributed by atoms with Crippen LogP contribution in [0.3, 0.4) is 0 Å². The Labute approximate surface area is 228 Å². The first-order valence-corrected chi connectivity index (χ1v) is 12.9. The van der Waals surface area contributed by atoms with Crippen LogP contribution in [-0.2, 0) is 0 Å². The van der Waals surface area contributed by atoms with Gasteiger partial charge in [-0.15, -0.1) is 0 Å². The molecule has 1 unspecified atom stereocenters. The van der Waals surface area contributed by atoms with Crippen molar-refractivity contribution in [2.24, 2.45) is 5.92 Å². The predicted molar refractivity (Wildman–Crippen MR) is 140 cm³/mol. The molecule has 0 aliphatic heterocycles. The molecule has 2 aromatic heterocycles. The number of halogens is 3. The molecule has 1 atom stereocenters. The normalized spacial score (nSPS) is 14.7. The standard InChI is InChI=1S/C29H28F3N3O5/c1-38-24-13-10-19(27(33-24)39-2)18-9-11-21-26(25(18)31)34-29(32)35(21)22(16-6-4-3-5-7-16)15-40-23-12-8-17(28(36)37)14-20(23)30/h8-14,16,22H,3-7,15H2,1-2H3,(H,36,37). The number of imidazole rings is 1. The number of ether oxygens (including phenoxy) is 3. The van der Waals surface area contributed by atoms with Crippen molar-refractivity contribution in [1.29, 1.82) is 0 Å². The van der Waals surface area contributed by atoms with Crippen molar-refractivity contribution < 1.29 is 37.3 Å². The summed E-state index contributed by atoms with van der Waals surface area (Å²) < 4.78 is 63.6. The highest BCUT2D eigenvalue weighted by molar-refractivity contribution is 5.87. The highest BCUT2D eigenvalue weighted by Crippen LogP contribution is 2.39. The van der Waals surface area contributed by atoms with Gasteiger partial charge < -0.3 is 19.3 Å². The van der Waals surface area contributed by atoms with Gasteiger partial charge in [-0.2, -0.15) is 14.4 Å². The van der Waals surface area contributed by atoms with Gasteiger partial charge in [0.15, 0.2) is 17.4 Å². The van der Waals surface area contributed by atoms with Gasteiger partial charge in [-0.25, -0.2) is 13.6 Å². The van der Waals surface area contributed by atoms with Gasteiger partial charge in [0, 0.05) is 17.2 Å². The number of hydrogen-bond acceptors (Lipinski definition) is 6. The number of aromatic nitrogens is 3. The molecule has 1 fully saturated rings. The van der Waals surface area contributed by atoms with E-state index in [9.17, 15) is 9.18 Å². The summed E-state index contributed by atoms with van der Waals surface area (Å²) >= 11 is 0. The molecule has 11 heteroatoms. The van der Waals surface area contributed by atoms with Gasteiger partial charge in [0.05, 0.1) is 31.3 Å². The number of carbonyl (C=O) groups is 1. The van der Waals surface area contributed by atoms with Crippen molar-refractivity contribution in [3.05, 3.63) is 65.7 Å². The van der Waals surface area contributed by atoms with Crippen LogP contribution in [0.4, 0.5) is 13.2 Å². The molecule has 5 rings (SSSR count). The zero-order valence-corrected chi connectivity index (χ0v) is 22.0. The van der Waals surface area contributed by atoms with Crippen molar-refractivity contribution >= 4 is 17.0 Å². The fraction of sp³-hybridized carbons (Fsp3) is 0.345. The molecule has 1 aliphatic carbocycles. The van der Waals surface area contributed by atoms with Crippen LogP contribution < -0.4 is 14.2 Å². The van der Waals surface area contributed by atoms with Crippen LogP contribution in [-0.4, -0.2) is 46.4 Å². The number of benzene rings is 2. The van der Waals surface area contributed by atoms with Gasteiger partial charge in [0.2, 0.25) is 11.8 Å². The van der Waals surface area contributed by atoms with E-state index in [1.807, 2.05) is 0 Å². The summed E-state index contributed by atoms with van der Waals surface area (Å²) in [4.78, 5) is 19.3. The summed E-state index contributed by atoms with van der Waals surface area (Å²) in [6, 6.07) is 9.02. The molecule has 0 radical (unpaired) electrons. The molecule has 2 aromatic carbocycles. The van der Waals surface area contributed by atoms with Gasteiger partial charge in [-0.3, -0.25) is 4.57 Å². The summed E-state index contributed by atoms with van der Waals surface area (Å²) in [5, 5.41) is 9.11. The maximum absolute atomic E-state index is 15.9. The third kappa shape index (κ3) is 5.15. The summed E-state index contributed by atoms with van der Waals surface area (Å²) in [6.45, 7) is -0.115. The van der Waals surface area contributed by atoms with E-state index < -0.39 is 29.7 Å². The van der Waals surface area contributed by atoms with Crippen molar-refractivity contribution in [3.63, 3.8) is 0 Å². The molecule has 0 saturated heterocycles. The number of aromatic carboxylic acids is 1. The molecule has 0 bridgehead atoms. The SMILES string of the molecule is COc1ccc(-c2ccc3c(nc(F)n3C(COc3ccc(C(=O)O)cc3F)C3CCCCC3)c2F)c(OC)n1. The average molecular weight is 556 g/mol. The maximum Gasteiger partial charge on any atom is 0.335 e. The molecule has 8 nitrogen and oxygen atoms in total. The smallest absolute Gasteiger partial charge is 0.335 e. The maximum atomic E-state index is 15.9. The first kappa shape index (κ1) is 27.3. The Hall–Kier alpha value is -4.28. The lowest BCUT2D eigenvalue weighted by molar-refractivity contribution is 0.0696. The van der Waals surface area contributed by atoms with Gasteiger partial charge in [0.1, 0.15) is 12.1 Å². The van der Waals surface area contributed by atoms with Gasteiger partial charge in [-0.05, 0) is 55.2 Å². The van der Waals surface area contributed by atoms with Crippen LogP contribution in [0, 0.1) is 23.6 Å². The Balaban J connectivity index is 1.54. The summed E-state index contributed by atoms with van der Waals surface area (Å²) in [7, 11) is 2.86. The van der Waals surface area contributed by atoms with Gasteiger partial charge >= 0.3 is 5.97 Å². The van der Waals surface area contributed by atoms with Crippen LogP contribution >= 0.6 is 0 Å². The second-order valence-corrected chi connectivity index (χ2v) is 9.68. The van der Waals surface area contributed by atoms with Crippen molar-refractivity contribution in [1.82, 2.24) is 14.5 Å². The molecule has 1 saturated carbocycles. The number of fused-ring (bicyclic) bond motifs is 1. The van der Waals surface area contributed by atoms with E-state index in [1.165, 1.54) is 37.0 Å². The number of nitrogens with zero attached hydrogens (tertiary/aromatic N) is 3. The molecule has 0 spiro atoms. The number of carboxylic acids is 1. The molecule has 210 valence electrons. The van der Waals surface area contributed by atoms with Crippen LogP contribution in [0.2, 0.25) is 0 Å². The fourth-order valence-corrected chi connectivity index (χ4v) is 5.39. The lowest BCUT2D eigenvalue weighted by Gasteiger charge is -2.31.